The molecule has 0 aromatic carbocycles. The van der Waals surface area contributed by atoms with Crippen molar-refractivity contribution in [3.63, 3.8) is 0 Å². The fourth-order valence-corrected chi connectivity index (χ4v) is 4.00. The Morgan fingerprint density at radius 1 is 1.04 bits per heavy atom. The van der Waals surface area contributed by atoms with Crippen LogP contribution in [0, 0.1) is 0 Å². The minimum atomic E-state index is -0.0965. The molecule has 1 N–H and O–H groups in total. The third-order valence-corrected chi connectivity index (χ3v) is 5.52. The summed E-state index contributed by atoms with van der Waals surface area (Å²) < 4.78 is 0. The Balaban J connectivity index is 2.26. The van der Waals surface area contributed by atoms with Gasteiger partial charge >= 0.3 is 0 Å². The smallest absolute Gasteiger partial charge is 0.0667 e. The van der Waals surface area contributed by atoms with E-state index >= 15 is 0 Å². The third kappa shape index (κ3) is 11.6. The van der Waals surface area contributed by atoms with Crippen molar-refractivity contribution >= 4 is 0 Å². The van der Waals surface area contributed by atoms with E-state index in [0.717, 1.165) is 19.4 Å². The number of hydrogen-bond donors (Lipinski definition) is 1. The van der Waals surface area contributed by atoms with Crippen molar-refractivity contribution in [1.29, 1.82) is 0 Å². The Morgan fingerprint density at radius 2 is 1.72 bits per heavy atom. The second kappa shape index (κ2) is 15.6. The molecule has 2 atom stereocenters. The fourth-order valence-electron chi connectivity index (χ4n) is 4.00. The summed E-state index contributed by atoms with van der Waals surface area (Å²) in [6, 6.07) is 0.689. The number of hydrogen-bond acceptors (Lipinski definition) is 2. The van der Waals surface area contributed by atoms with Gasteiger partial charge in [0.1, 0.15) is 0 Å². The van der Waals surface area contributed by atoms with Crippen molar-refractivity contribution in [1.82, 2.24) is 4.90 Å². The van der Waals surface area contributed by atoms with Crippen molar-refractivity contribution in [2.75, 3.05) is 13.1 Å². The summed E-state index contributed by atoms with van der Waals surface area (Å²) in [7, 11) is 0. The highest BCUT2D eigenvalue weighted by atomic mass is 16.3. The predicted octanol–water partition coefficient (Wildman–Crippen LogP) is 6.26. The standard InChI is InChI=1S/C23H43NO/c1-3-5-7-9-11-13-15-18-22(17-14-12-10-8-6-4-2)24-20-16-19-23(25)21-24/h4,6,8,22-23,25H,2-3,5,7,9-21H2,1H3/t22?,23-/m0/s1. The van der Waals surface area contributed by atoms with E-state index in [1.165, 1.54) is 83.6 Å². The first-order valence-corrected chi connectivity index (χ1v) is 11.0. The molecule has 0 spiro atoms. The maximum Gasteiger partial charge on any atom is 0.0667 e. The molecule has 25 heavy (non-hydrogen) atoms. The monoisotopic (exact) mass is 349 g/mol. The van der Waals surface area contributed by atoms with Crippen molar-refractivity contribution in [2.45, 2.75) is 109 Å². The number of β-amino-alcohol motifs (C(OH)–C–C–N with tert-alkyl or cyclic N) is 1. The van der Waals surface area contributed by atoms with Crippen LogP contribution in [0.25, 0.3) is 0 Å². The first kappa shape index (κ1) is 22.4. The molecule has 1 saturated heterocycles. The highest BCUT2D eigenvalue weighted by molar-refractivity contribution is 4.96. The van der Waals surface area contributed by atoms with Gasteiger partial charge in [0.2, 0.25) is 0 Å². The second-order valence-corrected chi connectivity index (χ2v) is 7.80. The van der Waals surface area contributed by atoms with Gasteiger partial charge in [-0.25, -0.2) is 0 Å². The van der Waals surface area contributed by atoms with Crippen LogP contribution >= 0.6 is 0 Å². The fraction of sp³-hybridized carbons (Fsp3) is 0.826. The number of allylic oxidation sites excluding steroid dienone is 3. The summed E-state index contributed by atoms with van der Waals surface area (Å²) in [6.07, 6.45) is 24.3. The van der Waals surface area contributed by atoms with Crippen LogP contribution in [-0.2, 0) is 0 Å². The molecule has 0 aromatic rings. The van der Waals surface area contributed by atoms with Crippen LogP contribution in [0.1, 0.15) is 96.8 Å². The molecule has 1 aliphatic heterocycles. The molecule has 0 amide bonds. The average Bonchev–Trinajstić information content (AvgIpc) is 2.62. The SMILES string of the molecule is C=CC=CCCCCC(CCCCCCCCC)N1CCC[C@H](O)C1. The summed E-state index contributed by atoms with van der Waals surface area (Å²) in [5.41, 5.74) is 0. The first-order chi connectivity index (χ1) is 12.3. The minimum Gasteiger partial charge on any atom is -0.392 e. The highest BCUT2D eigenvalue weighted by Crippen LogP contribution is 2.22. The number of likely N-dealkylation sites (tertiary alicyclic amines) is 1. The maximum absolute atomic E-state index is 10.0. The summed E-state index contributed by atoms with van der Waals surface area (Å²) in [4.78, 5) is 2.59. The second-order valence-electron chi connectivity index (χ2n) is 7.80. The zero-order chi connectivity index (χ0) is 18.2. The molecule has 2 heteroatoms. The molecular formula is C23H43NO. The van der Waals surface area contributed by atoms with Crippen molar-refractivity contribution in [3.8, 4) is 0 Å². The highest BCUT2D eigenvalue weighted by Gasteiger charge is 2.24. The zero-order valence-corrected chi connectivity index (χ0v) is 16.8. The summed E-state index contributed by atoms with van der Waals surface area (Å²) in [5.74, 6) is 0. The van der Waals surface area contributed by atoms with Gasteiger partial charge in [0.05, 0.1) is 6.10 Å². The lowest BCUT2D eigenvalue weighted by Gasteiger charge is -2.37. The molecule has 0 bridgehead atoms. The molecule has 1 aliphatic rings. The summed E-state index contributed by atoms with van der Waals surface area (Å²) in [5, 5.41) is 10.0. The minimum absolute atomic E-state index is 0.0965. The van der Waals surface area contributed by atoms with Gasteiger partial charge < -0.3 is 5.11 Å². The van der Waals surface area contributed by atoms with Crippen LogP contribution in [0.15, 0.2) is 24.8 Å². The Hall–Kier alpha value is -0.600. The molecular weight excluding hydrogens is 306 g/mol. The quantitative estimate of drug-likeness (QED) is 0.279. The Kier molecular flexibility index (Phi) is 14.0. The Morgan fingerprint density at radius 3 is 2.40 bits per heavy atom. The largest absolute Gasteiger partial charge is 0.392 e. The number of nitrogens with zero attached hydrogens (tertiary/aromatic N) is 1. The van der Waals surface area contributed by atoms with E-state index in [1.807, 2.05) is 6.08 Å². The number of piperidine rings is 1. The van der Waals surface area contributed by atoms with E-state index < -0.39 is 0 Å². The first-order valence-electron chi connectivity index (χ1n) is 11.0. The summed E-state index contributed by atoms with van der Waals surface area (Å²) >= 11 is 0. The van der Waals surface area contributed by atoms with Gasteiger partial charge in [-0.1, -0.05) is 83.1 Å². The molecule has 146 valence electrons. The Labute approximate surface area is 157 Å². The molecule has 0 saturated carbocycles. The number of aliphatic hydroxyl groups is 1. The van der Waals surface area contributed by atoms with E-state index in [9.17, 15) is 5.11 Å². The molecule has 0 aromatic heterocycles. The van der Waals surface area contributed by atoms with Crippen LogP contribution in [0.5, 0.6) is 0 Å². The van der Waals surface area contributed by atoms with E-state index in [0.29, 0.717) is 6.04 Å². The molecule has 1 heterocycles. The third-order valence-electron chi connectivity index (χ3n) is 5.52. The topological polar surface area (TPSA) is 23.5 Å². The van der Waals surface area contributed by atoms with Crippen molar-refractivity contribution in [3.05, 3.63) is 24.8 Å². The molecule has 1 unspecified atom stereocenters. The van der Waals surface area contributed by atoms with Gasteiger partial charge in [-0.3, -0.25) is 4.90 Å². The van der Waals surface area contributed by atoms with Gasteiger partial charge in [0, 0.05) is 12.6 Å². The zero-order valence-electron chi connectivity index (χ0n) is 16.8. The average molecular weight is 350 g/mol. The maximum atomic E-state index is 10.0. The number of rotatable bonds is 15. The lowest BCUT2D eigenvalue weighted by Crippen LogP contribution is -2.44. The van der Waals surface area contributed by atoms with Crippen LogP contribution in [0.4, 0.5) is 0 Å². The lowest BCUT2D eigenvalue weighted by atomic mass is 9.96. The van der Waals surface area contributed by atoms with Crippen LogP contribution in [0.2, 0.25) is 0 Å². The van der Waals surface area contributed by atoms with Crippen LogP contribution in [-0.4, -0.2) is 35.2 Å². The van der Waals surface area contributed by atoms with Gasteiger partial charge in [-0.15, -0.1) is 0 Å². The predicted molar refractivity (Wildman–Crippen MR) is 111 cm³/mol. The molecule has 0 aliphatic carbocycles. The van der Waals surface area contributed by atoms with Gasteiger partial charge in [-0.2, -0.15) is 0 Å². The number of aliphatic hydroxyl groups excluding tert-OH is 1. The van der Waals surface area contributed by atoms with E-state index in [-0.39, 0.29) is 6.10 Å². The Bertz CT molecular complexity index is 339. The van der Waals surface area contributed by atoms with Crippen molar-refractivity contribution < 1.29 is 5.11 Å². The van der Waals surface area contributed by atoms with Crippen LogP contribution in [0.3, 0.4) is 0 Å². The molecule has 0 radical (unpaired) electrons. The van der Waals surface area contributed by atoms with Crippen molar-refractivity contribution in [2.24, 2.45) is 0 Å². The molecule has 1 rings (SSSR count). The van der Waals surface area contributed by atoms with E-state index in [4.69, 9.17) is 0 Å². The molecule has 1 fully saturated rings. The summed E-state index contributed by atoms with van der Waals surface area (Å²) in [6.45, 7) is 8.09. The van der Waals surface area contributed by atoms with Crippen LogP contribution < -0.4 is 0 Å². The van der Waals surface area contributed by atoms with E-state index in [2.05, 4.69) is 30.6 Å². The van der Waals surface area contributed by atoms with Gasteiger partial charge in [0.15, 0.2) is 0 Å². The lowest BCUT2D eigenvalue weighted by molar-refractivity contribution is 0.0403. The molecule has 2 nitrogen and oxygen atoms in total. The van der Waals surface area contributed by atoms with Gasteiger partial charge in [-0.05, 0) is 45.1 Å². The van der Waals surface area contributed by atoms with Gasteiger partial charge in [0.25, 0.3) is 0 Å². The van der Waals surface area contributed by atoms with E-state index in [1.54, 1.807) is 0 Å². The normalized spacial score (nSPS) is 20.2. The number of unbranched alkanes of at least 4 members (excludes halogenated alkanes) is 8.